The van der Waals surface area contributed by atoms with Gasteiger partial charge < -0.3 is 15.5 Å². The highest BCUT2D eigenvalue weighted by molar-refractivity contribution is 5.94. The smallest absolute Gasteiger partial charge is 0.143 e. The molecule has 124 valence electrons. The Morgan fingerprint density at radius 3 is 2.88 bits per heavy atom. The molecule has 4 heterocycles. The first-order valence-corrected chi connectivity index (χ1v) is 8.76. The second kappa shape index (κ2) is 6.62. The molecule has 0 amide bonds. The summed E-state index contributed by atoms with van der Waals surface area (Å²) in [6.45, 7) is 4.09. The Morgan fingerprint density at radius 2 is 2.12 bits per heavy atom. The van der Waals surface area contributed by atoms with E-state index < -0.39 is 0 Å². The topological polar surface area (TPSA) is 76.9 Å². The summed E-state index contributed by atoms with van der Waals surface area (Å²) in [5.41, 5.74) is 0.461. The maximum Gasteiger partial charge on any atom is 0.143 e. The number of rotatable bonds is 3. The fraction of sp³-hybridized carbons (Fsp3) is 0.500. The van der Waals surface area contributed by atoms with E-state index in [1.807, 2.05) is 12.3 Å². The molecule has 2 aliphatic heterocycles. The highest BCUT2D eigenvalue weighted by Crippen LogP contribution is 2.29. The number of nitrogens with zero attached hydrogens (tertiary/aromatic N) is 4. The molecule has 2 aromatic rings. The van der Waals surface area contributed by atoms with Crippen LogP contribution in [0, 0.1) is 11.3 Å². The van der Waals surface area contributed by atoms with Crippen molar-refractivity contribution in [3.63, 3.8) is 0 Å². The number of fused-ring (bicyclic) bond motifs is 1. The molecule has 0 spiro atoms. The molecule has 6 nitrogen and oxygen atoms in total. The minimum atomic E-state index is 0.422. The van der Waals surface area contributed by atoms with Gasteiger partial charge in [0.2, 0.25) is 0 Å². The average molecular weight is 322 g/mol. The molecule has 0 aromatic carbocycles. The molecule has 2 aromatic heterocycles. The average Bonchev–Trinajstić information content (AvgIpc) is 3.16. The lowest BCUT2D eigenvalue weighted by Gasteiger charge is -2.25. The van der Waals surface area contributed by atoms with Gasteiger partial charge >= 0.3 is 0 Å². The van der Waals surface area contributed by atoms with Crippen LogP contribution in [0.5, 0.6) is 0 Å². The second-order valence-electron chi connectivity index (χ2n) is 6.62. The van der Waals surface area contributed by atoms with E-state index in [0.29, 0.717) is 11.7 Å². The number of aromatic nitrogens is 2. The summed E-state index contributed by atoms with van der Waals surface area (Å²) in [5.74, 6) is 1.82. The number of hydrogen-bond acceptors (Lipinski definition) is 6. The van der Waals surface area contributed by atoms with Crippen LogP contribution in [-0.2, 0) is 0 Å². The first-order valence-electron chi connectivity index (χ1n) is 8.76. The lowest BCUT2D eigenvalue weighted by molar-refractivity contribution is 0.479. The minimum Gasteiger partial charge on any atom is -0.366 e. The number of pyridine rings is 2. The van der Waals surface area contributed by atoms with E-state index >= 15 is 0 Å². The van der Waals surface area contributed by atoms with Gasteiger partial charge in [0.25, 0.3) is 0 Å². The van der Waals surface area contributed by atoms with E-state index in [9.17, 15) is 5.26 Å². The normalized spacial score (nSPS) is 21.0. The zero-order valence-corrected chi connectivity index (χ0v) is 13.8. The van der Waals surface area contributed by atoms with Gasteiger partial charge in [0, 0.05) is 42.6 Å². The van der Waals surface area contributed by atoms with E-state index in [2.05, 4.69) is 37.6 Å². The van der Waals surface area contributed by atoms with Crippen molar-refractivity contribution >= 4 is 22.4 Å². The molecule has 0 aliphatic carbocycles. The van der Waals surface area contributed by atoms with Crippen LogP contribution in [0.2, 0.25) is 0 Å². The molecular formula is C18H22N6. The SMILES string of the molecule is N#Cc1cc2cnc(NC3CCCNC3)cc2c(N2CCCC2)n1. The minimum absolute atomic E-state index is 0.422. The predicted molar refractivity (Wildman–Crippen MR) is 95.2 cm³/mol. The van der Waals surface area contributed by atoms with E-state index in [0.717, 1.165) is 55.0 Å². The van der Waals surface area contributed by atoms with Crippen molar-refractivity contribution in [1.82, 2.24) is 15.3 Å². The molecule has 1 unspecified atom stereocenters. The number of piperidine rings is 1. The van der Waals surface area contributed by atoms with Gasteiger partial charge in [-0.15, -0.1) is 0 Å². The molecule has 0 bridgehead atoms. The van der Waals surface area contributed by atoms with Crippen LogP contribution in [-0.4, -0.2) is 42.2 Å². The molecule has 2 aliphatic rings. The highest BCUT2D eigenvalue weighted by atomic mass is 15.2. The Balaban J connectivity index is 1.71. The van der Waals surface area contributed by atoms with Crippen LogP contribution < -0.4 is 15.5 Å². The maximum absolute atomic E-state index is 9.26. The van der Waals surface area contributed by atoms with Crippen LogP contribution in [0.1, 0.15) is 31.4 Å². The molecule has 4 rings (SSSR count). The fourth-order valence-corrected chi connectivity index (χ4v) is 3.62. The monoisotopic (exact) mass is 322 g/mol. The third kappa shape index (κ3) is 3.00. The molecule has 24 heavy (non-hydrogen) atoms. The van der Waals surface area contributed by atoms with Gasteiger partial charge in [0.15, 0.2) is 0 Å². The van der Waals surface area contributed by atoms with E-state index in [1.165, 1.54) is 19.3 Å². The predicted octanol–water partition coefficient (Wildman–Crippen LogP) is 2.27. The van der Waals surface area contributed by atoms with E-state index in [4.69, 9.17) is 0 Å². The lowest BCUT2D eigenvalue weighted by Crippen LogP contribution is -2.38. The Morgan fingerprint density at radius 1 is 1.25 bits per heavy atom. The largest absolute Gasteiger partial charge is 0.366 e. The summed E-state index contributed by atoms with van der Waals surface area (Å²) in [6.07, 6.45) is 6.58. The highest BCUT2D eigenvalue weighted by Gasteiger charge is 2.19. The summed E-state index contributed by atoms with van der Waals surface area (Å²) in [6, 6.07) is 6.51. The Labute approximate surface area is 141 Å². The van der Waals surface area contributed by atoms with Crippen LogP contribution in [0.15, 0.2) is 18.3 Å². The van der Waals surface area contributed by atoms with Crippen molar-refractivity contribution in [3.05, 3.63) is 24.0 Å². The molecule has 2 N–H and O–H groups in total. The Hall–Kier alpha value is -2.39. The van der Waals surface area contributed by atoms with Crippen LogP contribution >= 0.6 is 0 Å². The number of hydrogen-bond donors (Lipinski definition) is 2. The van der Waals surface area contributed by atoms with Gasteiger partial charge in [-0.25, -0.2) is 9.97 Å². The van der Waals surface area contributed by atoms with Crippen LogP contribution in [0.3, 0.4) is 0 Å². The molecule has 1 atom stereocenters. The zero-order valence-electron chi connectivity index (χ0n) is 13.8. The quantitative estimate of drug-likeness (QED) is 0.903. The molecular weight excluding hydrogens is 300 g/mol. The van der Waals surface area contributed by atoms with E-state index in [1.54, 1.807) is 0 Å². The Kier molecular flexibility index (Phi) is 4.18. The van der Waals surface area contributed by atoms with E-state index in [-0.39, 0.29) is 0 Å². The van der Waals surface area contributed by atoms with Gasteiger partial charge in [0.05, 0.1) is 0 Å². The first kappa shape index (κ1) is 15.2. The second-order valence-corrected chi connectivity index (χ2v) is 6.62. The maximum atomic E-state index is 9.26. The van der Waals surface area contributed by atoms with Crippen molar-refractivity contribution in [1.29, 1.82) is 5.26 Å². The van der Waals surface area contributed by atoms with Gasteiger partial charge in [-0.1, -0.05) is 0 Å². The fourth-order valence-electron chi connectivity index (χ4n) is 3.62. The molecule has 0 radical (unpaired) electrons. The van der Waals surface area contributed by atoms with Crippen molar-refractivity contribution in [2.24, 2.45) is 0 Å². The Bertz CT molecular complexity index is 769. The third-order valence-electron chi connectivity index (χ3n) is 4.86. The van der Waals surface area contributed by atoms with Crippen molar-refractivity contribution in [2.75, 3.05) is 36.4 Å². The summed E-state index contributed by atoms with van der Waals surface area (Å²) in [4.78, 5) is 11.4. The zero-order chi connectivity index (χ0) is 16.4. The van der Waals surface area contributed by atoms with Gasteiger partial charge in [0.1, 0.15) is 23.4 Å². The molecule has 0 saturated carbocycles. The van der Waals surface area contributed by atoms with Crippen molar-refractivity contribution in [3.8, 4) is 6.07 Å². The third-order valence-corrected chi connectivity index (χ3v) is 4.86. The summed E-state index contributed by atoms with van der Waals surface area (Å²) in [7, 11) is 0. The van der Waals surface area contributed by atoms with Gasteiger partial charge in [-0.2, -0.15) is 5.26 Å². The van der Waals surface area contributed by atoms with Gasteiger partial charge in [-0.3, -0.25) is 0 Å². The van der Waals surface area contributed by atoms with Crippen molar-refractivity contribution < 1.29 is 0 Å². The van der Waals surface area contributed by atoms with Crippen LogP contribution in [0.4, 0.5) is 11.6 Å². The number of nitrogens with one attached hydrogen (secondary N) is 2. The summed E-state index contributed by atoms with van der Waals surface area (Å²) in [5, 5.41) is 18.3. The molecule has 6 heteroatoms. The molecule has 2 saturated heterocycles. The standard InChI is InChI=1S/C18H22N6/c19-10-15-8-13-11-21-17(22-14-4-3-5-20-12-14)9-16(13)18(23-15)24-6-1-2-7-24/h8-9,11,14,20H,1-7,12H2,(H,21,22). The first-order chi connectivity index (χ1) is 11.8. The molecule has 2 fully saturated rings. The van der Waals surface area contributed by atoms with Crippen molar-refractivity contribution in [2.45, 2.75) is 31.7 Å². The number of nitriles is 1. The lowest BCUT2D eigenvalue weighted by atomic mass is 10.1. The van der Waals surface area contributed by atoms with Crippen LogP contribution in [0.25, 0.3) is 10.8 Å². The summed E-state index contributed by atoms with van der Waals surface area (Å²) < 4.78 is 0. The summed E-state index contributed by atoms with van der Waals surface area (Å²) >= 11 is 0. The van der Waals surface area contributed by atoms with Gasteiger partial charge in [-0.05, 0) is 44.4 Å². The number of anilines is 2.